The van der Waals surface area contributed by atoms with Gasteiger partial charge in [0.2, 0.25) is 23.6 Å². The zero-order chi connectivity index (χ0) is 48.6. The Morgan fingerprint density at radius 3 is 2.21 bits per heavy atom. The second-order valence-electron chi connectivity index (χ2n) is 16.5. The van der Waals surface area contributed by atoms with Gasteiger partial charge in [0.15, 0.2) is 11.5 Å². The molecule has 0 aliphatic carbocycles. The molecular formula is C46H60N12O9. The zero-order valence-corrected chi connectivity index (χ0v) is 38.6. The number of hydrogen-bond donors (Lipinski definition) is 7. The first-order valence-corrected chi connectivity index (χ1v) is 22.0. The van der Waals surface area contributed by atoms with Crippen molar-refractivity contribution in [1.29, 1.82) is 0 Å². The molecule has 9 N–H and O–H groups in total. The molecule has 0 aliphatic heterocycles. The highest BCUT2D eigenvalue weighted by atomic mass is 16.6. The van der Waals surface area contributed by atoms with Crippen molar-refractivity contribution in [2.75, 3.05) is 31.2 Å². The van der Waals surface area contributed by atoms with Crippen LogP contribution in [0.1, 0.15) is 77.0 Å². The maximum atomic E-state index is 13.4. The maximum Gasteiger partial charge on any atom is 0.410 e. The molecule has 0 fully saturated rings. The molecule has 3 aromatic heterocycles. The number of unbranched alkanes of at least 4 members (excludes halogenated alkanes) is 1. The molecule has 5 rings (SSSR count). The quantitative estimate of drug-likeness (QED) is 0.0443. The molecule has 2 aromatic carbocycles. The number of urea groups is 1. The zero-order valence-electron chi connectivity index (χ0n) is 38.6. The number of nitrogens with two attached hydrogens (primary N) is 2. The molecule has 0 radical (unpaired) electrons. The number of fused-ring (bicyclic) bond motifs is 1. The van der Waals surface area contributed by atoms with Gasteiger partial charge in [-0.3, -0.25) is 19.0 Å². The van der Waals surface area contributed by atoms with Crippen LogP contribution in [0.25, 0.3) is 11.2 Å². The molecule has 1 unspecified atom stereocenters. The Hall–Kier alpha value is -7.71. The van der Waals surface area contributed by atoms with Crippen molar-refractivity contribution in [3.05, 3.63) is 94.0 Å². The van der Waals surface area contributed by atoms with E-state index in [1.165, 1.54) is 9.47 Å². The van der Waals surface area contributed by atoms with Crippen molar-refractivity contribution in [3.8, 4) is 17.6 Å². The lowest BCUT2D eigenvalue weighted by Crippen LogP contribution is -2.55. The van der Waals surface area contributed by atoms with Crippen LogP contribution < -0.4 is 47.9 Å². The highest BCUT2D eigenvalue weighted by Gasteiger charge is 2.29. The Morgan fingerprint density at radius 2 is 1.57 bits per heavy atom. The number of pyridine rings is 1. The van der Waals surface area contributed by atoms with Crippen LogP contribution in [-0.2, 0) is 38.8 Å². The van der Waals surface area contributed by atoms with E-state index in [0.717, 1.165) is 24.0 Å². The summed E-state index contributed by atoms with van der Waals surface area (Å²) in [6, 6.07) is 14.9. The molecule has 0 spiro atoms. The molecule has 0 saturated heterocycles. The van der Waals surface area contributed by atoms with Crippen LogP contribution in [-0.4, -0.2) is 91.5 Å². The number of benzene rings is 2. The van der Waals surface area contributed by atoms with Crippen LogP contribution >= 0.6 is 0 Å². The molecular weight excluding hydrogens is 865 g/mol. The third kappa shape index (κ3) is 14.9. The minimum absolute atomic E-state index is 0.0310. The van der Waals surface area contributed by atoms with Crippen LogP contribution in [0.3, 0.4) is 0 Å². The summed E-state index contributed by atoms with van der Waals surface area (Å²) in [5.74, 6) is -0.917. The number of carbonyl (C=O) groups excluding carboxylic acids is 5. The van der Waals surface area contributed by atoms with E-state index >= 15 is 0 Å². The Morgan fingerprint density at radius 1 is 0.866 bits per heavy atom. The summed E-state index contributed by atoms with van der Waals surface area (Å²) in [7, 11) is 1.62. The number of ether oxygens (including phenoxy) is 3. The summed E-state index contributed by atoms with van der Waals surface area (Å²) < 4.78 is 18.5. The molecule has 5 aromatic rings. The van der Waals surface area contributed by atoms with E-state index in [4.69, 9.17) is 25.7 Å². The molecule has 67 heavy (non-hydrogen) atoms. The third-order valence-electron chi connectivity index (χ3n) is 10.3. The summed E-state index contributed by atoms with van der Waals surface area (Å²) in [6.45, 7) is 10.1. The Bertz CT molecular complexity index is 2530. The molecule has 21 heteroatoms. The Kier molecular flexibility index (Phi) is 18.0. The van der Waals surface area contributed by atoms with Gasteiger partial charge in [0.05, 0.1) is 13.2 Å². The Labute approximate surface area is 387 Å². The second kappa shape index (κ2) is 24.0. The molecule has 0 aliphatic rings. The molecule has 2 atom stereocenters. The first-order chi connectivity index (χ1) is 32.0. The van der Waals surface area contributed by atoms with Gasteiger partial charge < -0.3 is 56.8 Å². The van der Waals surface area contributed by atoms with Gasteiger partial charge in [-0.05, 0) is 66.1 Å². The first kappa shape index (κ1) is 50.3. The fourth-order valence-electron chi connectivity index (χ4n) is 6.49. The fraction of sp³-hybridized carbons (Fsp3) is 0.413. The van der Waals surface area contributed by atoms with E-state index in [2.05, 4.69) is 41.2 Å². The summed E-state index contributed by atoms with van der Waals surface area (Å²) in [5.41, 5.74) is 14.1. The first-order valence-electron chi connectivity index (χ1n) is 22.0. The number of aromatic nitrogens is 5. The normalized spacial score (nSPS) is 12.0. The lowest BCUT2D eigenvalue weighted by molar-refractivity contribution is -0.133. The predicted molar refractivity (Wildman–Crippen MR) is 250 cm³/mol. The minimum atomic E-state index is -0.990. The molecule has 21 nitrogen and oxygen atoms in total. The van der Waals surface area contributed by atoms with Crippen molar-refractivity contribution in [3.63, 3.8) is 0 Å². The second-order valence-corrected chi connectivity index (χ2v) is 16.5. The number of H-pyrrole nitrogens is 1. The number of aromatic amines is 1. The lowest BCUT2D eigenvalue weighted by Gasteiger charge is -2.26. The highest BCUT2D eigenvalue weighted by molar-refractivity contribution is 5.98. The number of nitrogens with one attached hydrogen (secondary N) is 5. The largest absolute Gasteiger partial charge is 0.463 e. The number of nitrogen functional groups attached to an aromatic ring is 1. The summed E-state index contributed by atoms with van der Waals surface area (Å²) in [6.07, 6.45) is 3.33. The molecule has 0 bridgehead atoms. The minimum Gasteiger partial charge on any atom is -0.463 e. The van der Waals surface area contributed by atoms with Crippen LogP contribution in [0.4, 0.5) is 21.1 Å². The number of rotatable bonds is 23. The molecule has 3 heterocycles. The van der Waals surface area contributed by atoms with Crippen molar-refractivity contribution >= 4 is 52.5 Å². The number of carbonyl (C=O) groups is 5. The van der Waals surface area contributed by atoms with Gasteiger partial charge in [-0.2, -0.15) is 9.97 Å². The van der Waals surface area contributed by atoms with Crippen molar-refractivity contribution in [1.82, 2.24) is 45.4 Å². The number of imidazole rings is 1. The van der Waals surface area contributed by atoms with Gasteiger partial charge in [-0.15, -0.1) is 0 Å². The number of primary amides is 1. The number of hydrogen-bond acceptors (Lipinski definition) is 13. The van der Waals surface area contributed by atoms with Gasteiger partial charge >= 0.3 is 23.8 Å². The number of nitrogens with zero attached hydrogens (tertiary/aromatic N) is 5. The topological polar surface area (TPSA) is 293 Å². The van der Waals surface area contributed by atoms with Gasteiger partial charge in [-0.25, -0.2) is 19.4 Å². The monoisotopic (exact) mass is 924 g/mol. The maximum absolute atomic E-state index is 13.4. The Balaban J connectivity index is 1.09. The predicted octanol–water partition coefficient (Wildman–Crippen LogP) is 4.55. The lowest BCUT2D eigenvalue weighted by atomic mass is 10.0. The summed E-state index contributed by atoms with van der Waals surface area (Å²) >= 11 is 0. The smallest absolute Gasteiger partial charge is 0.410 e. The molecule has 6 amide bonds. The fourth-order valence-corrected chi connectivity index (χ4v) is 6.49. The van der Waals surface area contributed by atoms with Crippen LogP contribution in [0.15, 0.2) is 71.7 Å². The van der Waals surface area contributed by atoms with E-state index < -0.39 is 41.7 Å². The van der Waals surface area contributed by atoms with Gasteiger partial charge in [0.1, 0.15) is 30.0 Å². The van der Waals surface area contributed by atoms with E-state index in [9.17, 15) is 28.8 Å². The van der Waals surface area contributed by atoms with E-state index in [1.807, 2.05) is 19.1 Å². The van der Waals surface area contributed by atoms with E-state index in [-0.39, 0.29) is 62.2 Å². The number of anilines is 2. The molecule has 0 saturated carbocycles. The highest BCUT2D eigenvalue weighted by Crippen LogP contribution is 2.23. The summed E-state index contributed by atoms with van der Waals surface area (Å²) in [5, 5.41) is 10.8. The van der Waals surface area contributed by atoms with E-state index in [1.54, 1.807) is 89.5 Å². The average Bonchev–Trinajstić information content (AvgIpc) is 3.61. The van der Waals surface area contributed by atoms with Crippen LogP contribution in [0.5, 0.6) is 17.6 Å². The molecule has 358 valence electrons. The average molecular weight is 925 g/mol. The van der Waals surface area contributed by atoms with E-state index in [0.29, 0.717) is 47.1 Å². The van der Waals surface area contributed by atoms with Gasteiger partial charge in [0.25, 0.3) is 0 Å². The van der Waals surface area contributed by atoms with Crippen molar-refractivity contribution in [2.45, 2.75) is 92.1 Å². The van der Waals surface area contributed by atoms with Crippen molar-refractivity contribution < 1.29 is 38.2 Å². The SMILES string of the molecule is CCCCOc1nc(N)c2[nH]c(=O)n(Cc3ccc(Oc4ccc(CN(C)C(=O)OCc5ccc(NC(=O)[C@H](CCCNC(N)=O)NC(=O)C(NC(=O)C(C)C)C(C)C)cc5)cc4)nc3)c2n1. The summed E-state index contributed by atoms with van der Waals surface area (Å²) in [4.78, 5) is 93.1. The van der Waals surface area contributed by atoms with Crippen LogP contribution in [0.2, 0.25) is 0 Å². The standard InChI is InChI=1S/C46H60N12O9/c1-7-8-22-65-44-55-38(47)37-39(56-44)58(45(63)54-37)25-31-15-20-35(50-23-31)67-33-18-13-29(14-19-33)24-57(6)46(64)66-26-30-11-16-32(17-12-30)51-41(60)34(10-9-21-49-43(48)62)52-42(61)36(27(2)3)53-40(59)28(4)5/h11-20,23,27-28,34,36H,7-10,21-22,24-26H2,1-6H3,(H,51,60)(H,52,61)(H,53,59)(H,54,63)(H2,47,55,56)(H3,48,49,62)/t34-,36?/m0/s1. The number of amides is 6. The van der Waals surface area contributed by atoms with Gasteiger partial charge in [-0.1, -0.05) is 71.4 Å². The third-order valence-corrected chi connectivity index (χ3v) is 10.3. The van der Waals surface area contributed by atoms with Crippen LogP contribution in [0, 0.1) is 11.8 Å². The van der Waals surface area contributed by atoms with Crippen molar-refractivity contribution in [2.24, 2.45) is 17.6 Å². The van der Waals surface area contributed by atoms with Gasteiger partial charge in [0, 0.05) is 44.0 Å².